The molecule has 1 atom stereocenters. The Kier molecular flexibility index (Phi) is 10.3. The van der Waals surface area contributed by atoms with Gasteiger partial charge < -0.3 is 0 Å². The Hall–Kier alpha value is -1.38. The first-order chi connectivity index (χ1) is 10.8. The van der Waals surface area contributed by atoms with Crippen LogP contribution in [-0.2, 0) is 6.42 Å². The molecule has 0 aliphatic carbocycles. The van der Waals surface area contributed by atoms with Crippen molar-refractivity contribution in [2.24, 2.45) is 5.29 Å². The lowest BCUT2D eigenvalue weighted by Gasteiger charge is -2.26. The van der Waals surface area contributed by atoms with Crippen molar-refractivity contribution in [1.82, 2.24) is 5.01 Å². The minimum Gasteiger partial charge on any atom is -0.258 e. The lowest BCUT2D eigenvalue weighted by molar-refractivity contribution is 0.182. The fourth-order valence-electron chi connectivity index (χ4n) is 2.86. The number of hydrogen-bond donors (Lipinski definition) is 0. The molecule has 0 aliphatic heterocycles. The third-order valence-corrected chi connectivity index (χ3v) is 4.22. The van der Waals surface area contributed by atoms with E-state index >= 15 is 0 Å². The number of rotatable bonds is 13. The number of hydrogen-bond acceptors (Lipinski definition) is 2. The van der Waals surface area contributed by atoms with Crippen molar-refractivity contribution in [3.05, 3.63) is 40.8 Å². The van der Waals surface area contributed by atoms with Crippen molar-refractivity contribution in [3.63, 3.8) is 0 Å². The molecule has 1 aromatic carbocycles. The van der Waals surface area contributed by atoms with E-state index in [1.54, 1.807) is 5.01 Å². The number of benzene rings is 1. The molecule has 0 saturated carbocycles. The average Bonchev–Trinajstić information content (AvgIpc) is 2.55. The van der Waals surface area contributed by atoms with Gasteiger partial charge in [-0.05, 0) is 24.8 Å². The smallest absolute Gasteiger partial charge is 0.0542 e. The number of nitroso groups, excluding NO2 is 1. The van der Waals surface area contributed by atoms with Gasteiger partial charge in [-0.2, -0.15) is 0 Å². The predicted molar refractivity (Wildman–Crippen MR) is 94.7 cm³/mol. The highest BCUT2D eigenvalue weighted by atomic mass is 16.3. The summed E-state index contributed by atoms with van der Waals surface area (Å²) in [7, 11) is 0. The minimum atomic E-state index is 0.244. The van der Waals surface area contributed by atoms with Crippen LogP contribution in [0.25, 0.3) is 0 Å². The summed E-state index contributed by atoms with van der Waals surface area (Å²) in [4.78, 5) is 11.3. The first-order valence-corrected chi connectivity index (χ1v) is 8.95. The van der Waals surface area contributed by atoms with Crippen molar-refractivity contribution < 1.29 is 0 Å². The summed E-state index contributed by atoms with van der Waals surface area (Å²) in [6.45, 7) is 5.22. The van der Waals surface area contributed by atoms with Crippen molar-refractivity contribution in [1.29, 1.82) is 0 Å². The van der Waals surface area contributed by atoms with Crippen LogP contribution in [-0.4, -0.2) is 17.6 Å². The largest absolute Gasteiger partial charge is 0.258 e. The Morgan fingerprint density at radius 2 is 1.64 bits per heavy atom. The summed E-state index contributed by atoms with van der Waals surface area (Å²) >= 11 is 0. The zero-order chi connectivity index (χ0) is 16.0. The fourth-order valence-corrected chi connectivity index (χ4v) is 2.86. The summed E-state index contributed by atoms with van der Waals surface area (Å²) in [5.41, 5.74) is 1.30. The summed E-state index contributed by atoms with van der Waals surface area (Å²) < 4.78 is 0. The van der Waals surface area contributed by atoms with Crippen molar-refractivity contribution >= 4 is 0 Å². The van der Waals surface area contributed by atoms with E-state index in [9.17, 15) is 4.91 Å². The van der Waals surface area contributed by atoms with Gasteiger partial charge in [-0.25, -0.2) is 0 Å². The molecule has 0 heterocycles. The monoisotopic (exact) mass is 304 g/mol. The van der Waals surface area contributed by atoms with E-state index < -0.39 is 0 Å². The molecule has 3 heteroatoms. The Morgan fingerprint density at radius 3 is 2.27 bits per heavy atom. The zero-order valence-corrected chi connectivity index (χ0v) is 14.3. The highest BCUT2D eigenvalue weighted by Gasteiger charge is 2.18. The second-order valence-corrected chi connectivity index (χ2v) is 6.14. The Bertz CT molecular complexity index is 380. The Labute approximate surface area is 136 Å². The number of nitrogens with zero attached hydrogens (tertiary/aromatic N) is 2. The van der Waals surface area contributed by atoms with Gasteiger partial charge in [0, 0.05) is 6.54 Å². The molecule has 0 aliphatic rings. The SMILES string of the molecule is CCCCCCN(N=O)C(CCCCC)Cc1ccccc1. The van der Waals surface area contributed by atoms with Gasteiger partial charge in [-0.1, -0.05) is 82.7 Å². The van der Waals surface area contributed by atoms with Crippen LogP contribution in [0.1, 0.15) is 70.8 Å². The lowest BCUT2D eigenvalue weighted by atomic mass is 9.99. The molecule has 3 nitrogen and oxygen atoms in total. The molecule has 124 valence electrons. The molecule has 0 radical (unpaired) electrons. The van der Waals surface area contributed by atoms with Gasteiger partial charge in [0.05, 0.1) is 11.3 Å². The van der Waals surface area contributed by atoms with Crippen LogP contribution in [0.4, 0.5) is 0 Å². The van der Waals surface area contributed by atoms with Crippen LogP contribution in [0.5, 0.6) is 0 Å². The highest BCUT2D eigenvalue weighted by molar-refractivity contribution is 5.15. The molecule has 0 saturated heterocycles. The molecule has 1 aromatic rings. The first kappa shape index (κ1) is 18.7. The first-order valence-electron chi connectivity index (χ1n) is 8.95. The average molecular weight is 304 g/mol. The van der Waals surface area contributed by atoms with E-state index in [0.717, 1.165) is 25.8 Å². The third-order valence-electron chi connectivity index (χ3n) is 4.22. The van der Waals surface area contributed by atoms with Gasteiger partial charge in [0.1, 0.15) is 0 Å². The quantitative estimate of drug-likeness (QED) is 0.264. The molecule has 0 bridgehead atoms. The predicted octanol–water partition coefficient (Wildman–Crippen LogP) is 5.74. The van der Waals surface area contributed by atoms with Crippen LogP contribution < -0.4 is 0 Å². The van der Waals surface area contributed by atoms with Gasteiger partial charge in [0.25, 0.3) is 0 Å². The van der Waals surface area contributed by atoms with Crippen molar-refractivity contribution in [3.8, 4) is 0 Å². The van der Waals surface area contributed by atoms with Crippen molar-refractivity contribution in [2.75, 3.05) is 6.54 Å². The maximum absolute atomic E-state index is 11.3. The summed E-state index contributed by atoms with van der Waals surface area (Å²) in [6, 6.07) is 10.7. The van der Waals surface area contributed by atoms with Gasteiger partial charge in [-0.15, -0.1) is 4.91 Å². The fraction of sp³-hybridized carbons (Fsp3) is 0.684. The second-order valence-electron chi connectivity index (χ2n) is 6.14. The molecule has 22 heavy (non-hydrogen) atoms. The summed E-state index contributed by atoms with van der Waals surface area (Å²) in [6.07, 6.45) is 10.3. The number of unbranched alkanes of at least 4 members (excludes halogenated alkanes) is 5. The summed E-state index contributed by atoms with van der Waals surface area (Å²) in [5, 5.41) is 5.15. The third kappa shape index (κ3) is 7.58. The maximum Gasteiger partial charge on any atom is 0.0542 e. The molecular formula is C19H32N2O. The Morgan fingerprint density at radius 1 is 0.955 bits per heavy atom. The van der Waals surface area contributed by atoms with Gasteiger partial charge in [-0.3, -0.25) is 5.01 Å². The lowest BCUT2D eigenvalue weighted by Crippen LogP contribution is -2.33. The van der Waals surface area contributed by atoms with E-state index in [-0.39, 0.29) is 6.04 Å². The van der Waals surface area contributed by atoms with E-state index in [4.69, 9.17) is 0 Å². The maximum atomic E-state index is 11.3. The van der Waals surface area contributed by atoms with E-state index in [1.807, 2.05) is 6.07 Å². The van der Waals surface area contributed by atoms with Crippen LogP contribution in [0, 0.1) is 4.91 Å². The van der Waals surface area contributed by atoms with Gasteiger partial charge in [0.15, 0.2) is 0 Å². The van der Waals surface area contributed by atoms with Crippen molar-refractivity contribution in [2.45, 2.75) is 77.7 Å². The molecule has 0 spiro atoms. The molecule has 0 aromatic heterocycles. The van der Waals surface area contributed by atoms with Gasteiger partial charge >= 0.3 is 0 Å². The normalized spacial score (nSPS) is 12.1. The van der Waals surface area contributed by atoms with Crippen LogP contribution in [0.15, 0.2) is 35.6 Å². The zero-order valence-electron chi connectivity index (χ0n) is 14.3. The Balaban J connectivity index is 2.58. The minimum absolute atomic E-state index is 0.244. The molecule has 0 amide bonds. The van der Waals surface area contributed by atoms with Gasteiger partial charge in [0.2, 0.25) is 0 Å². The molecule has 1 rings (SSSR count). The highest BCUT2D eigenvalue weighted by Crippen LogP contribution is 2.17. The van der Waals surface area contributed by atoms with E-state index in [1.165, 1.54) is 44.1 Å². The van der Waals surface area contributed by atoms with E-state index in [0.29, 0.717) is 0 Å². The standard InChI is InChI=1S/C19H32N2O/c1-3-5-7-12-16-21(20-22)19(15-9-6-4-2)17-18-13-10-8-11-14-18/h8,10-11,13-14,19H,3-7,9,12,15-17H2,1-2H3. The summed E-state index contributed by atoms with van der Waals surface area (Å²) in [5.74, 6) is 0. The van der Waals surface area contributed by atoms with Crippen LogP contribution >= 0.6 is 0 Å². The molecule has 0 fully saturated rings. The van der Waals surface area contributed by atoms with Crippen LogP contribution in [0.3, 0.4) is 0 Å². The topological polar surface area (TPSA) is 32.7 Å². The molecule has 1 unspecified atom stereocenters. The molecule has 0 N–H and O–H groups in total. The second kappa shape index (κ2) is 12.2. The molecular weight excluding hydrogens is 272 g/mol. The van der Waals surface area contributed by atoms with Crippen LogP contribution in [0.2, 0.25) is 0 Å². The van der Waals surface area contributed by atoms with E-state index in [2.05, 4.69) is 43.4 Å².